The van der Waals surface area contributed by atoms with E-state index in [1.165, 1.54) is 44.1 Å². The first-order valence-electron chi connectivity index (χ1n) is 7.12. The molecule has 0 radical (unpaired) electrons. The number of fused-ring (bicyclic) bond motifs is 2. The maximum Gasteiger partial charge on any atom is 0.00728 e. The molecular formula is C16H23N. The molecule has 0 aliphatic carbocycles. The topological polar surface area (TPSA) is 12.0 Å². The molecule has 1 nitrogen and oxygen atoms in total. The zero-order valence-electron chi connectivity index (χ0n) is 10.8. The van der Waals surface area contributed by atoms with Gasteiger partial charge in [0.2, 0.25) is 0 Å². The number of aryl methyl sites for hydroxylation is 2. The van der Waals surface area contributed by atoms with Gasteiger partial charge in [-0.2, -0.15) is 0 Å². The number of rotatable bonds is 3. The molecule has 2 aliphatic heterocycles. The Balaban J connectivity index is 1.56. The monoisotopic (exact) mass is 229 g/mol. The van der Waals surface area contributed by atoms with Gasteiger partial charge in [-0.25, -0.2) is 0 Å². The van der Waals surface area contributed by atoms with E-state index >= 15 is 0 Å². The lowest BCUT2D eigenvalue weighted by Gasteiger charge is -2.29. The molecule has 1 N–H and O–H groups in total. The molecule has 0 aromatic heterocycles. The molecule has 3 rings (SSSR count). The Hall–Kier alpha value is -0.820. The van der Waals surface area contributed by atoms with E-state index in [-0.39, 0.29) is 0 Å². The summed E-state index contributed by atoms with van der Waals surface area (Å²) in [5, 5.41) is 3.73. The van der Waals surface area contributed by atoms with Crippen LogP contribution in [0, 0.1) is 12.8 Å². The van der Waals surface area contributed by atoms with Gasteiger partial charge in [-0.3, -0.25) is 0 Å². The van der Waals surface area contributed by atoms with E-state index in [0.717, 1.165) is 18.0 Å². The van der Waals surface area contributed by atoms with Gasteiger partial charge in [-0.05, 0) is 62.5 Å². The first-order chi connectivity index (χ1) is 8.31. The van der Waals surface area contributed by atoms with Gasteiger partial charge in [0.05, 0.1) is 0 Å². The van der Waals surface area contributed by atoms with Crippen molar-refractivity contribution >= 4 is 0 Å². The third kappa shape index (κ3) is 2.55. The summed E-state index contributed by atoms with van der Waals surface area (Å²) in [6.07, 6.45) is 8.35. The van der Waals surface area contributed by atoms with Gasteiger partial charge < -0.3 is 5.32 Å². The summed E-state index contributed by atoms with van der Waals surface area (Å²) in [7, 11) is 0. The lowest BCUT2D eigenvalue weighted by atomic mass is 9.87. The van der Waals surface area contributed by atoms with Crippen LogP contribution in [0.3, 0.4) is 0 Å². The molecule has 2 saturated heterocycles. The van der Waals surface area contributed by atoms with Crippen LogP contribution in [0.4, 0.5) is 0 Å². The minimum Gasteiger partial charge on any atom is -0.311 e. The molecule has 2 bridgehead atoms. The van der Waals surface area contributed by atoms with Gasteiger partial charge in [0.25, 0.3) is 0 Å². The second kappa shape index (κ2) is 4.81. The van der Waals surface area contributed by atoms with Crippen LogP contribution in [0.25, 0.3) is 0 Å². The number of benzene rings is 1. The Morgan fingerprint density at radius 1 is 1.12 bits per heavy atom. The predicted molar refractivity (Wildman–Crippen MR) is 72.2 cm³/mol. The standard InChI is InChI=1S/C16H23N/c1-12-4-2-3-5-14(12)7-6-13-10-15-8-9-16(11-13)17-15/h2-5,13,15-17H,6-11H2,1H3. The summed E-state index contributed by atoms with van der Waals surface area (Å²) in [6.45, 7) is 2.24. The largest absolute Gasteiger partial charge is 0.311 e. The third-order valence-electron chi connectivity index (χ3n) is 4.65. The van der Waals surface area contributed by atoms with Crippen molar-refractivity contribution in [1.82, 2.24) is 5.32 Å². The van der Waals surface area contributed by atoms with E-state index < -0.39 is 0 Å². The van der Waals surface area contributed by atoms with Crippen LogP contribution in [0.15, 0.2) is 24.3 Å². The normalized spacial score (nSPS) is 31.7. The lowest BCUT2D eigenvalue weighted by Crippen LogP contribution is -2.38. The molecule has 2 aliphatic rings. The molecule has 1 aromatic rings. The maximum atomic E-state index is 3.73. The van der Waals surface area contributed by atoms with Crippen LogP contribution in [0.5, 0.6) is 0 Å². The Labute approximate surface area is 105 Å². The highest BCUT2D eigenvalue weighted by Gasteiger charge is 2.32. The van der Waals surface area contributed by atoms with Crippen molar-refractivity contribution in [3.05, 3.63) is 35.4 Å². The summed E-state index contributed by atoms with van der Waals surface area (Å²) in [4.78, 5) is 0. The molecule has 2 atom stereocenters. The first kappa shape index (κ1) is 11.3. The van der Waals surface area contributed by atoms with E-state index in [9.17, 15) is 0 Å². The molecule has 92 valence electrons. The van der Waals surface area contributed by atoms with Crippen LogP contribution in [0.2, 0.25) is 0 Å². The third-order valence-corrected chi connectivity index (χ3v) is 4.65. The van der Waals surface area contributed by atoms with Crippen molar-refractivity contribution in [2.45, 2.75) is 57.5 Å². The van der Waals surface area contributed by atoms with Crippen LogP contribution >= 0.6 is 0 Å². The second-order valence-corrected chi connectivity index (χ2v) is 5.94. The summed E-state index contributed by atoms with van der Waals surface area (Å²) in [6, 6.07) is 10.5. The van der Waals surface area contributed by atoms with E-state index in [1.807, 2.05) is 0 Å². The second-order valence-electron chi connectivity index (χ2n) is 5.94. The fraction of sp³-hybridized carbons (Fsp3) is 0.625. The molecule has 2 heterocycles. The van der Waals surface area contributed by atoms with E-state index in [4.69, 9.17) is 0 Å². The highest BCUT2D eigenvalue weighted by atomic mass is 15.0. The van der Waals surface area contributed by atoms with Crippen molar-refractivity contribution in [3.8, 4) is 0 Å². The molecule has 0 spiro atoms. The zero-order chi connectivity index (χ0) is 11.7. The highest BCUT2D eigenvalue weighted by molar-refractivity contribution is 5.25. The molecule has 1 heteroatoms. The molecule has 0 amide bonds. The predicted octanol–water partition coefficient (Wildman–Crippen LogP) is 3.46. The Bertz CT molecular complexity index is 373. The van der Waals surface area contributed by atoms with Crippen LogP contribution in [0.1, 0.15) is 43.2 Å². The van der Waals surface area contributed by atoms with E-state index in [0.29, 0.717) is 0 Å². The fourth-order valence-electron chi connectivity index (χ4n) is 3.66. The van der Waals surface area contributed by atoms with Crippen molar-refractivity contribution in [2.75, 3.05) is 0 Å². The van der Waals surface area contributed by atoms with Crippen LogP contribution < -0.4 is 5.32 Å². The smallest absolute Gasteiger partial charge is 0.00728 e. The Morgan fingerprint density at radius 3 is 2.53 bits per heavy atom. The maximum absolute atomic E-state index is 3.73. The van der Waals surface area contributed by atoms with Crippen molar-refractivity contribution in [3.63, 3.8) is 0 Å². The number of hydrogen-bond donors (Lipinski definition) is 1. The number of hydrogen-bond acceptors (Lipinski definition) is 1. The summed E-state index contributed by atoms with van der Waals surface area (Å²) < 4.78 is 0. The van der Waals surface area contributed by atoms with Crippen molar-refractivity contribution in [2.24, 2.45) is 5.92 Å². The number of nitrogens with one attached hydrogen (secondary N) is 1. The molecule has 2 fully saturated rings. The van der Waals surface area contributed by atoms with E-state index in [1.54, 1.807) is 5.56 Å². The molecule has 1 aromatic carbocycles. The highest BCUT2D eigenvalue weighted by Crippen LogP contribution is 2.33. The van der Waals surface area contributed by atoms with Gasteiger partial charge in [-0.15, -0.1) is 0 Å². The van der Waals surface area contributed by atoms with Gasteiger partial charge in [0, 0.05) is 12.1 Å². The minimum absolute atomic E-state index is 0.843. The lowest BCUT2D eigenvalue weighted by molar-refractivity contribution is 0.286. The van der Waals surface area contributed by atoms with Gasteiger partial charge in [0.1, 0.15) is 0 Å². The SMILES string of the molecule is Cc1ccccc1CCC1CC2CCC(C1)N2. The van der Waals surface area contributed by atoms with Crippen LogP contribution in [-0.4, -0.2) is 12.1 Å². The summed E-state index contributed by atoms with van der Waals surface area (Å²) in [5.41, 5.74) is 3.02. The summed E-state index contributed by atoms with van der Waals surface area (Å²) >= 11 is 0. The van der Waals surface area contributed by atoms with Crippen LogP contribution in [-0.2, 0) is 6.42 Å². The quantitative estimate of drug-likeness (QED) is 0.837. The fourth-order valence-corrected chi connectivity index (χ4v) is 3.66. The van der Waals surface area contributed by atoms with Gasteiger partial charge >= 0.3 is 0 Å². The number of piperidine rings is 1. The minimum atomic E-state index is 0.843. The first-order valence-corrected chi connectivity index (χ1v) is 7.12. The molecule has 17 heavy (non-hydrogen) atoms. The van der Waals surface area contributed by atoms with Gasteiger partial charge in [0.15, 0.2) is 0 Å². The molecule has 2 unspecified atom stereocenters. The van der Waals surface area contributed by atoms with Gasteiger partial charge in [-0.1, -0.05) is 24.3 Å². The molecular weight excluding hydrogens is 206 g/mol. The Morgan fingerprint density at radius 2 is 1.82 bits per heavy atom. The van der Waals surface area contributed by atoms with Crippen molar-refractivity contribution in [1.29, 1.82) is 0 Å². The van der Waals surface area contributed by atoms with Crippen molar-refractivity contribution < 1.29 is 0 Å². The average molecular weight is 229 g/mol. The Kier molecular flexibility index (Phi) is 3.19. The zero-order valence-corrected chi connectivity index (χ0v) is 10.8. The summed E-state index contributed by atoms with van der Waals surface area (Å²) in [5.74, 6) is 0.966. The molecule has 0 saturated carbocycles. The average Bonchev–Trinajstić information content (AvgIpc) is 2.68. The van der Waals surface area contributed by atoms with E-state index in [2.05, 4.69) is 36.5 Å².